The summed E-state index contributed by atoms with van der Waals surface area (Å²) in [6.07, 6.45) is 2.75. The number of ether oxygens (including phenoxy) is 3. The predicted octanol–water partition coefficient (Wildman–Crippen LogP) is 2.58. The molecule has 7 heteroatoms. The number of carbonyl (C=O) groups excluding carboxylic acids is 2. The molecule has 1 aromatic rings. The number of esters is 1. The molecule has 1 heterocycles. The number of amides is 1. The smallest absolute Gasteiger partial charge is 0.331 e. The molecule has 0 radical (unpaired) electrons. The third kappa shape index (κ3) is 4.89. The highest BCUT2D eigenvalue weighted by atomic mass is 35.5. The maximum Gasteiger partial charge on any atom is 0.331 e. The molecule has 0 saturated carbocycles. The standard InChI is InChI=1S/C17H20ClNO5/c1-3-6-19-17(21)11(2)24-15(20)5-4-12-9-13(18)16-14(10-12)22-7-8-23-16/h4-5,9-11H,3,6-8H2,1-2H3,(H,19,21)/b5-4+/t11-/m0/s1. The highest BCUT2D eigenvalue weighted by Crippen LogP contribution is 2.38. The van der Waals surface area contributed by atoms with Gasteiger partial charge in [0, 0.05) is 12.6 Å². The van der Waals surface area contributed by atoms with Gasteiger partial charge in [-0.3, -0.25) is 4.79 Å². The van der Waals surface area contributed by atoms with Crippen molar-refractivity contribution in [1.29, 1.82) is 0 Å². The van der Waals surface area contributed by atoms with E-state index in [1.807, 2.05) is 6.92 Å². The predicted molar refractivity (Wildman–Crippen MR) is 90.3 cm³/mol. The number of rotatable bonds is 6. The minimum absolute atomic E-state index is 0.319. The van der Waals surface area contributed by atoms with Crippen LogP contribution in [-0.4, -0.2) is 37.7 Å². The van der Waals surface area contributed by atoms with Gasteiger partial charge in [-0.1, -0.05) is 18.5 Å². The van der Waals surface area contributed by atoms with Gasteiger partial charge in [0.25, 0.3) is 5.91 Å². The molecule has 1 atom stereocenters. The molecule has 130 valence electrons. The zero-order chi connectivity index (χ0) is 17.5. The van der Waals surface area contributed by atoms with Crippen molar-refractivity contribution in [3.8, 4) is 11.5 Å². The van der Waals surface area contributed by atoms with E-state index in [9.17, 15) is 9.59 Å². The monoisotopic (exact) mass is 353 g/mol. The molecule has 1 amide bonds. The summed E-state index contributed by atoms with van der Waals surface area (Å²) < 4.78 is 15.9. The summed E-state index contributed by atoms with van der Waals surface area (Å²) >= 11 is 6.13. The lowest BCUT2D eigenvalue weighted by Gasteiger charge is -2.19. The Morgan fingerprint density at radius 2 is 2.12 bits per heavy atom. The first kappa shape index (κ1) is 18.1. The molecule has 0 aliphatic carbocycles. The van der Waals surface area contributed by atoms with Crippen molar-refractivity contribution in [3.63, 3.8) is 0 Å². The van der Waals surface area contributed by atoms with E-state index in [2.05, 4.69) is 5.32 Å². The van der Waals surface area contributed by atoms with Gasteiger partial charge in [-0.25, -0.2) is 4.79 Å². The molecule has 1 N–H and O–H groups in total. The number of halogens is 1. The first-order valence-corrected chi connectivity index (χ1v) is 8.14. The van der Waals surface area contributed by atoms with Crippen LogP contribution in [0.5, 0.6) is 11.5 Å². The summed E-state index contributed by atoms with van der Waals surface area (Å²) in [5, 5.41) is 3.07. The van der Waals surface area contributed by atoms with Crippen LogP contribution in [0.3, 0.4) is 0 Å². The third-order valence-electron chi connectivity index (χ3n) is 3.24. The molecular formula is C17H20ClNO5. The molecule has 0 spiro atoms. The van der Waals surface area contributed by atoms with Gasteiger partial charge < -0.3 is 19.5 Å². The molecule has 6 nitrogen and oxygen atoms in total. The van der Waals surface area contributed by atoms with Gasteiger partial charge in [0.15, 0.2) is 17.6 Å². The van der Waals surface area contributed by atoms with Crippen LogP contribution in [0.25, 0.3) is 6.08 Å². The van der Waals surface area contributed by atoms with Crippen LogP contribution in [0.15, 0.2) is 18.2 Å². The fourth-order valence-electron chi connectivity index (χ4n) is 2.05. The van der Waals surface area contributed by atoms with E-state index in [0.717, 1.165) is 6.42 Å². The van der Waals surface area contributed by atoms with E-state index in [4.69, 9.17) is 25.8 Å². The lowest BCUT2D eigenvalue weighted by molar-refractivity contribution is -0.150. The second kappa shape index (κ2) is 8.59. The number of hydrogen-bond acceptors (Lipinski definition) is 5. The van der Waals surface area contributed by atoms with Crippen LogP contribution in [0.2, 0.25) is 5.02 Å². The van der Waals surface area contributed by atoms with Gasteiger partial charge in [0.1, 0.15) is 13.2 Å². The fourth-order valence-corrected chi connectivity index (χ4v) is 2.32. The molecule has 1 aliphatic heterocycles. The summed E-state index contributed by atoms with van der Waals surface area (Å²) in [6.45, 7) is 4.91. The highest BCUT2D eigenvalue weighted by Gasteiger charge is 2.17. The largest absolute Gasteiger partial charge is 0.486 e. The van der Waals surface area contributed by atoms with Gasteiger partial charge in [-0.2, -0.15) is 0 Å². The van der Waals surface area contributed by atoms with Crippen molar-refractivity contribution in [2.24, 2.45) is 0 Å². The first-order valence-electron chi connectivity index (χ1n) is 7.76. The zero-order valence-corrected chi connectivity index (χ0v) is 14.4. The quantitative estimate of drug-likeness (QED) is 0.628. The van der Waals surface area contributed by atoms with Gasteiger partial charge in [-0.05, 0) is 37.1 Å². The Labute approximate surface area is 145 Å². The van der Waals surface area contributed by atoms with Crippen LogP contribution >= 0.6 is 11.6 Å². The van der Waals surface area contributed by atoms with E-state index in [-0.39, 0.29) is 5.91 Å². The zero-order valence-electron chi connectivity index (χ0n) is 13.6. The highest BCUT2D eigenvalue weighted by molar-refractivity contribution is 6.32. The summed E-state index contributed by atoms with van der Waals surface area (Å²) in [7, 11) is 0. The van der Waals surface area contributed by atoms with E-state index >= 15 is 0 Å². The first-order chi connectivity index (χ1) is 11.5. The van der Waals surface area contributed by atoms with Crippen molar-refractivity contribution in [1.82, 2.24) is 5.32 Å². The van der Waals surface area contributed by atoms with E-state index in [1.165, 1.54) is 13.0 Å². The molecule has 0 unspecified atom stereocenters. The third-order valence-corrected chi connectivity index (χ3v) is 3.52. The van der Waals surface area contributed by atoms with E-state index in [0.29, 0.717) is 41.8 Å². The Morgan fingerprint density at radius 1 is 1.38 bits per heavy atom. The number of fused-ring (bicyclic) bond motifs is 1. The minimum Gasteiger partial charge on any atom is -0.486 e. The molecule has 24 heavy (non-hydrogen) atoms. The van der Waals surface area contributed by atoms with Gasteiger partial charge in [-0.15, -0.1) is 0 Å². The lowest BCUT2D eigenvalue weighted by atomic mass is 10.2. The van der Waals surface area contributed by atoms with Crippen LogP contribution in [0.1, 0.15) is 25.8 Å². The van der Waals surface area contributed by atoms with Crippen LogP contribution < -0.4 is 14.8 Å². The molecule has 0 saturated heterocycles. The van der Waals surface area contributed by atoms with Crippen molar-refractivity contribution in [2.75, 3.05) is 19.8 Å². The molecule has 0 bridgehead atoms. The molecule has 0 fully saturated rings. The van der Waals surface area contributed by atoms with Gasteiger partial charge in [0.05, 0.1) is 5.02 Å². The second-order valence-electron chi connectivity index (χ2n) is 5.23. The molecular weight excluding hydrogens is 334 g/mol. The van der Waals surface area contributed by atoms with Crippen LogP contribution in [-0.2, 0) is 14.3 Å². The van der Waals surface area contributed by atoms with E-state index in [1.54, 1.807) is 18.2 Å². The Balaban J connectivity index is 1.96. The summed E-state index contributed by atoms with van der Waals surface area (Å²) in [4.78, 5) is 23.5. The normalized spacial score (nSPS) is 14.3. The number of benzene rings is 1. The summed E-state index contributed by atoms with van der Waals surface area (Å²) in [6, 6.07) is 3.39. The lowest BCUT2D eigenvalue weighted by Crippen LogP contribution is -2.35. The Hall–Kier alpha value is -2.21. The number of hydrogen-bond donors (Lipinski definition) is 1. The Morgan fingerprint density at radius 3 is 2.88 bits per heavy atom. The average molecular weight is 354 g/mol. The van der Waals surface area contributed by atoms with Gasteiger partial charge in [0.2, 0.25) is 0 Å². The van der Waals surface area contributed by atoms with Crippen molar-refractivity contribution in [2.45, 2.75) is 26.4 Å². The second-order valence-corrected chi connectivity index (χ2v) is 5.64. The SMILES string of the molecule is CCCNC(=O)[C@H](C)OC(=O)/C=C/c1cc(Cl)c2c(c1)OCCO2. The Bertz CT molecular complexity index is 644. The average Bonchev–Trinajstić information content (AvgIpc) is 2.57. The Kier molecular flexibility index (Phi) is 6.49. The molecule has 1 aromatic carbocycles. The summed E-state index contributed by atoms with van der Waals surface area (Å²) in [5.74, 6) is 0.110. The van der Waals surface area contributed by atoms with Crippen LogP contribution in [0, 0.1) is 0 Å². The molecule has 0 aromatic heterocycles. The van der Waals surface area contributed by atoms with E-state index < -0.39 is 12.1 Å². The van der Waals surface area contributed by atoms with Crippen molar-refractivity contribution >= 4 is 29.6 Å². The van der Waals surface area contributed by atoms with Crippen molar-refractivity contribution < 1.29 is 23.8 Å². The number of carbonyl (C=O) groups is 2. The van der Waals surface area contributed by atoms with Gasteiger partial charge >= 0.3 is 5.97 Å². The number of nitrogens with one attached hydrogen (secondary N) is 1. The maximum atomic E-state index is 11.8. The molecule has 2 rings (SSSR count). The summed E-state index contributed by atoms with van der Waals surface area (Å²) in [5.41, 5.74) is 0.671. The molecule has 1 aliphatic rings. The van der Waals surface area contributed by atoms with Crippen LogP contribution in [0.4, 0.5) is 0 Å². The topological polar surface area (TPSA) is 73.9 Å². The maximum absolute atomic E-state index is 11.8. The van der Waals surface area contributed by atoms with Crippen molar-refractivity contribution in [3.05, 3.63) is 28.8 Å². The fraction of sp³-hybridized carbons (Fsp3) is 0.412. The minimum atomic E-state index is -0.849.